The first-order chi connectivity index (χ1) is 9.65. The molecule has 5 nitrogen and oxygen atoms in total. The molecule has 0 aromatic carbocycles. The van der Waals surface area contributed by atoms with Gasteiger partial charge in [0.2, 0.25) is 5.95 Å². The minimum Gasteiger partial charge on any atom is -0.394 e. The molecule has 2 aromatic heterocycles. The Labute approximate surface area is 122 Å². The van der Waals surface area contributed by atoms with Crippen molar-refractivity contribution in [1.82, 2.24) is 9.97 Å². The molecule has 2 heterocycles. The van der Waals surface area contributed by atoms with Crippen LogP contribution >= 0.6 is 11.3 Å². The third kappa shape index (κ3) is 2.33. The first kappa shape index (κ1) is 13.6. The number of hydrogen-bond acceptors (Lipinski definition) is 6. The van der Waals surface area contributed by atoms with E-state index >= 15 is 0 Å². The van der Waals surface area contributed by atoms with E-state index in [-0.39, 0.29) is 12.1 Å². The molecule has 0 spiro atoms. The standard InChI is InChI=1S/C14H20N4OS/c1-9-7-10-11(16-13(15-2)17-12(10)20-9)18-14(8-19)5-3-4-6-14/h7,19H,3-6,8H2,1-2H3,(H2,15,16,17,18). The van der Waals surface area contributed by atoms with E-state index in [0.29, 0.717) is 5.95 Å². The van der Waals surface area contributed by atoms with E-state index in [9.17, 15) is 5.11 Å². The van der Waals surface area contributed by atoms with Crippen LogP contribution in [0.4, 0.5) is 11.8 Å². The molecule has 3 rings (SSSR count). The fourth-order valence-corrected chi connectivity index (χ4v) is 3.75. The summed E-state index contributed by atoms with van der Waals surface area (Å²) in [6.07, 6.45) is 4.30. The van der Waals surface area contributed by atoms with E-state index in [0.717, 1.165) is 41.7 Å². The maximum atomic E-state index is 9.76. The SMILES string of the molecule is CNc1nc(NC2(CO)CCCC2)c2cc(C)sc2n1. The van der Waals surface area contributed by atoms with Crippen LogP contribution in [0.5, 0.6) is 0 Å². The zero-order valence-corrected chi connectivity index (χ0v) is 12.7. The highest BCUT2D eigenvalue weighted by Crippen LogP contribution is 2.36. The Balaban J connectivity index is 2.05. The lowest BCUT2D eigenvalue weighted by atomic mass is 9.99. The summed E-state index contributed by atoms with van der Waals surface area (Å²) < 4.78 is 0. The van der Waals surface area contributed by atoms with Crippen LogP contribution in [-0.4, -0.2) is 34.3 Å². The van der Waals surface area contributed by atoms with Crippen LogP contribution in [0.3, 0.4) is 0 Å². The first-order valence-electron chi connectivity index (χ1n) is 7.01. The molecule has 1 fully saturated rings. The van der Waals surface area contributed by atoms with Gasteiger partial charge in [-0.15, -0.1) is 11.3 Å². The summed E-state index contributed by atoms with van der Waals surface area (Å²) in [4.78, 5) is 11.2. The summed E-state index contributed by atoms with van der Waals surface area (Å²) in [5.41, 5.74) is -0.220. The number of nitrogens with one attached hydrogen (secondary N) is 2. The lowest BCUT2D eigenvalue weighted by molar-refractivity contribution is 0.214. The molecule has 0 bridgehead atoms. The molecule has 20 heavy (non-hydrogen) atoms. The van der Waals surface area contributed by atoms with Crippen molar-refractivity contribution in [3.05, 3.63) is 10.9 Å². The van der Waals surface area contributed by atoms with Crippen LogP contribution in [-0.2, 0) is 0 Å². The van der Waals surface area contributed by atoms with Crippen molar-refractivity contribution in [2.45, 2.75) is 38.1 Å². The number of aryl methyl sites for hydroxylation is 1. The maximum absolute atomic E-state index is 9.76. The molecule has 108 valence electrons. The average molecular weight is 292 g/mol. The zero-order valence-electron chi connectivity index (χ0n) is 11.9. The fraction of sp³-hybridized carbons (Fsp3) is 0.571. The Bertz CT molecular complexity index is 619. The van der Waals surface area contributed by atoms with Crippen molar-refractivity contribution in [2.75, 3.05) is 24.3 Å². The summed E-state index contributed by atoms with van der Waals surface area (Å²) in [6, 6.07) is 2.11. The number of aliphatic hydroxyl groups excluding tert-OH is 1. The number of anilines is 2. The van der Waals surface area contributed by atoms with Gasteiger partial charge in [0.15, 0.2) is 0 Å². The number of fused-ring (bicyclic) bond motifs is 1. The van der Waals surface area contributed by atoms with Gasteiger partial charge in [0.05, 0.1) is 17.5 Å². The summed E-state index contributed by atoms with van der Waals surface area (Å²) in [7, 11) is 1.82. The predicted molar refractivity (Wildman–Crippen MR) is 83.6 cm³/mol. The number of thiophene rings is 1. The van der Waals surface area contributed by atoms with E-state index in [1.165, 1.54) is 4.88 Å². The van der Waals surface area contributed by atoms with Gasteiger partial charge in [0.25, 0.3) is 0 Å². The molecule has 3 N–H and O–H groups in total. The number of aliphatic hydroxyl groups is 1. The van der Waals surface area contributed by atoms with Crippen molar-refractivity contribution in [3.63, 3.8) is 0 Å². The second-order valence-electron chi connectivity index (χ2n) is 5.49. The molecule has 0 unspecified atom stereocenters. The minimum atomic E-state index is -0.220. The number of aromatic nitrogens is 2. The highest BCUT2D eigenvalue weighted by molar-refractivity contribution is 7.18. The predicted octanol–water partition coefficient (Wildman–Crippen LogP) is 2.76. The summed E-state index contributed by atoms with van der Waals surface area (Å²) in [5.74, 6) is 1.45. The topological polar surface area (TPSA) is 70.1 Å². The number of hydrogen-bond donors (Lipinski definition) is 3. The van der Waals surface area contributed by atoms with Crippen LogP contribution in [0.1, 0.15) is 30.6 Å². The molecule has 1 aliphatic carbocycles. The van der Waals surface area contributed by atoms with Crippen LogP contribution in [0.2, 0.25) is 0 Å². The molecule has 0 amide bonds. The molecule has 0 radical (unpaired) electrons. The van der Waals surface area contributed by atoms with E-state index in [4.69, 9.17) is 0 Å². The highest BCUT2D eigenvalue weighted by atomic mass is 32.1. The van der Waals surface area contributed by atoms with Crippen LogP contribution in [0, 0.1) is 6.92 Å². The van der Waals surface area contributed by atoms with Gasteiger partial charge in [-0.3, -0.25) is 0 Å². The third-order valence-corrected chi connectivity index (χ3v) is 4.93. The Hall–Kier alpha value is -1.40. The summed E-state index contributed by atoms with van der Waals surface area (Å²) in [6.45, 7) is 2.23. The van der Waals surface area contributed by atoms with Gasteiger partial charge in [0.1, 0.15) is 10.6 Å². The summed E-state index contributed by atoms with van der Waals surface area (Å²) in [5, 5.41) is 17.3. The van der Waals surface area contributed by atoms with Crippen molar-refractivity contribution < 1.29 is 5.11 Å². The first-order valence-corrected chi connectivity index (χ1v) is 7.82. The van der Waals surface area contributed by atoms with Crippen LogP contribution in [0.25, 0.3) is 10.2 Å². The van der Waals surface area contributed by atoms with E-state index in [1.54, 1.807) is 11.3 Å². The van der Waals surface area contributed by atoms with Crippen LogP contribution < -0.4 is 10.6 Å². The molecule has 1 saturated carbocycles. The van der Waals surface area contributed by atoms with Gasteiger partial charge in [-0.05, 0) is 25.8 Å². The lowest BCUT2D eigenvalue weighted by Crippen LogP contribution is -2.39. The third-order valence-electron chi connectivity index (χ3n) is 3.99. The van der Waals surface area contributed by atoms with E-state index in [1.807, 2.05) is 7.05 Å². The smallest absolute Gasteiger partial charge is 0.225 e. The number of rotatable bonds is 4. The van der Waals surface area contributed by atoms with Gasteiger partial charge >= 0.3 is 0 Å². The van der Waals surface area contributed by atoms with E-state index < -0.39 is 0 Å². The van der Waals surface area contributed by atoms with Gasteiger partial charge in [-0.2, -0.15) is 4.98 Å². The van der Waals surface area contributed by atoms with E-state index in [2.05, 4.69) is 33.6 Å². The number of nitrogens with zero attached hydrogens (tertiary/aromatic N) is 2. The highest BCUT2D eigenvalue weighted by Gasteiger charge is 2.34. The molecule has 1 aliphatic rings. The van der Waals surface area contributed by atoms with Crippen molar-refractivity contribution >= 4 is 33.3 Å². The Morgan fingerprint density at radius 1 is 1.35 bits per heavy atom. The normalized spacial score (nSPS) is 17.6. The molecule has 0 aliphatic heterocycles. The van der Waals surface area contributed by atoms with Gasteiger partial charge in [0, 0.05) is 11.9 Å². The minimum absolute atomic E-state index is 0.149. The lowest BCUT2D eigenvalue weighted by Gasteiger charge is -2.29. The quantitative estimate of drug-likeness (QED) is 0.808. The van der Waals surface area contributed by atoms with Crippen molar-refractivity contribution in [2.24, 2.45) is 0 Å². The molecular weight excluding hydrogens is 272 g/mol. The largest absolute Gasteiger partial charge is 0.394 e. The Morgan fingerprint density at radius 2 is 2.10 bits per heavy atom. The Morgan fingerprint density at radius 3 is 2.75 bits per heavy atom. The second-order valence-corrected chi connectivity index (χ2v) is 6.73. The average Bonchev–Trinajstić information content (AvgIpc) is 3.05. The molecule has 6 heteroatoms. The van der Waals surface area contributed by atoms with Crippen molar-refractivity contribution in [1.29, 1.82) is 0 Å². The summed E-state index contributed by atoms with van der Waals surface area (Å²) >= 11 is 1.67. The molecular formula is C14H20N4OS. The second kappa shape index (κ2) is 5.18. The molecule has 2 aromatic rings. The van der Waals surface area contributed by atoms with Gasteiger partial charge in [-0.25, -0.2) is 4.98 Å². The molecule has 0 saturated heterocycles. The zero-order chi connectivity index (χ0) is 14.2. The fourth-order valence-electron chi connectivity index (χ4n) is 2.87. The van der Waals surface area contributed by atoms with Gasteiger partial charge < -0.3 is 15.7 Å². The van der Waals surface area contributed by atoms with Gasteiger partial charge in [-0.1, -0.05) is 12.8 Å². The van der Waals surface area contributed by atoms with Crippen molar-refractivity contribution in [3.8, 4) is 0 Å². The Kier molecular flexibility index (Phi) is 3.52. The molecule has 0 atom stereocenters. The monoisotopic (exact) mass is 292 g/mol. The maximum Gasteiger partial charge on any atom is 0.225 e. The van der Waals surface area contributed by atoms with Crippen LogP contribution in [0.15, 0.2) is 6.07 Å².